The Bertz CT molecular complexity index is 621. The van der Waals surface area contributed by atoms with E-state index in [4.69, 9.17) is 0 Å². The number of carboxylic acid groups (broad SMARTS) is 1. The zero-order valence-corrected chi connectivity index (χ0v) is 15.2. The van der Waals surface area contributed by atoms with E-state index in [1.54, 1.807) is 0 Å². The minimum absolute atomic E-state index is 0.0763. The van der Waals surface area contributed by atoms with Gasteiger partial charge in [0.25, 0.3) is 0 Å². The fourth-order valence-electron chi connectivity index (χ4n) is 7.13. The average Bonchev–Trinajstić information content (AvgIpc) is 2.83. The van der Waals surface area contributed by atoms with Crippen LogP contribution < -0.4 is 0 Å². The van der Waals surface area contributed by atoms with Crippen LogP contribution >= 0.6 is 0 Å². The summed E-state index contributed by atoms with van der Waals surface area (Å²) in [4.78, 5) is 24.0. The first-order valence-corrected chi connectivity index (χ1v) is 9.75. The Morgan fingerprint density at radius 1 is 1.17 bits per heavy atom. The first-order chi connectivity index (χ1) is 11.3. The number of rotatable bonds is 1. The second kappa shape index (κ2) is 5.19. The number of hydrogen-bond acceptors (Lipinski definition) is 2. The predicted molar refractivity (Wildman–Crippen MR) is 92.4 cm³/mol. The van der Waals surface area contributed by atoms with E-state index >= 15 is 0 Å². The molecule has 0 heterocycles. The van der Waals surface area contributed by atoms with E-state index < -0.39 is 11.9 Å². The maximum atomic E-state index is 12.2. The van der Waals surface area contributed by atoms with Crippen molar-refractivity contribution in [3.63, 3.8) is 0 Å². The van der Waals surface area contributed by atoms with Crippen molar-refractivity contribution in [1.29, 1.82) is 0 Å². The first-order valence-electron chi connectivity index (χ1n) is 9.75. The largest absolute Gasteiger partial charge is 0.480 e. The van der Waals surface area contributed by atoms with Crippen LogP contribution in [-0.4, -0.2) is 16.9 Å². The molecule has 4 unspecified atom stereocenters. The molecule has 3 heteroatoms. The van der Waals surface area contributed by atoms with Crippen molar-refractivity contribution in [1.82, 2.24) is 0 Å². The number of ketones is 1. The van der Waals surface area contributed by atoms with Crippen LogP contribution in [0, 0.1) is 40.4 Å². The SMILES string of the molecule is C[C@H]1CCC2C3CC=C4C(C(=O)O)C(=O)CC[C@]4(C)C3CC[C@@]21C. The Kier molecular flexibility index (Phi) is 3.54. The van der Waals surface area contributed by atoms with Crippen molar-refractivity contribution < 1.29 is 14.7 Å². The summed E-state index contributed by atoms with van der Waals surface area (Å²) in [6.45, 7) is 7.18. The molecule has 0 aromatic carbocycles. The quantitative estimate of drug-likeness (QED) is 0.570. The molecule has 3 saturated carbocycles. The molecule has 3 nitrogen and oxygen atoms in total. The third kappa shape index (κ3) is 1.96. The van der Waals surface area contributed by atoms with Gasteiger partial charge in [-0.15, -0.1) is 0 Å². The Balaban J connectivity index is 1.73. The van der Waals surface area contributed by atoms with Gasteiger partial charge in [0, 0.05) is 6.42 Å². The number of aliphatic carboxylic acids is 1. The fourth-order valence-corrected chi connectivity index (χ4v) is 7.13. The summed E-state index contributed by atoms with van der Waals surface area (Å²) in [6, 6.07) is 0. The van der Waals surface area contributed by atoms with Crippen molar-refractivity contribution >= 4 is 11.8 Å². The third-order valence-corrected chi connectivity index (χ3v) is 8.77. The number of fused-ring (bicyclic) bond motifs is 5. The molecule has 4 aliphatic rings. The number of carbonyl (C=O) groups excluding carboxylic acids is 1. The minimum Gasteiger partial charge on any atom is -0.480 e. The van der Waals surface area contributed by atoms with Gasteiger partial charge < -0.3 is 5.11 Å². The summed E-state index contributed by atoms with van der Waals surface area (Å²) in [6.07, 6.45) is 9.59. The molecule has 0 radical (unpaired) electrons. The van der Waals surface area contributed by atoms with Gasteiger partial charge in [-0.1, -0.05) is 26.8 Å². The zero-order valence-electron chi connectivity index (χ0n) is 15.2. The molecule has 1 N–H and O–H groups in total. The monoisotopic (exact) mass is 330 g/mol. The van der Waals surface area contributed by atoms with Crippen molar-refractivity contribution in [3.8, 4) is 0 Å². The van der Waals surface area contributed by atoms with Gasteiger partial charge in [-0.3, -0.25) is 9.59 Å². The first kappa shape index (κ1) is 16.4. The Hall–Kier alpha value is -1.12. The standard InChI is InChI=1S/C21H30O3/c1-12-4-6-14-13-5-7-16-18(19(23)24)17(22)9-11-21(16,3)15(13)8-10-20(12,14)2/h7,12-15,18H,4-6,8-11H2,1-3H3,(H,23,24)/t12-,13?,14?,15?,18?,20+,21+/m0/s1. The number of Topliss-reactive ketones (excluding diaryl/α,β-unsaturated/α-hetero) is 1. The van der Waals surface area contributed by atoms with Gasteiger partial charge >= 0.3 is 5.97 Å². The fraction of sp³-hybridized carbons (Fsp3) is 0.810. The van der Waals surface area contributed by atoms with Crippen LogP contribution in [0.5, 0.6) is 0 Å². The molecule has 0 aliphatic heterocycles. The normalized spacial score (nSPS) is 50.5. The maximum absolute atomic E-state index is 12.2. The van der Waals surface area contributed by atoms with Crippen molar-refractivity contribution in [2.75, 3.05) is 0 Å². The molecule has 0 saturated heterocycles. The summed E-state index contributed by atoms with van der Waals surface area (Å²) >= 11 is 0. The highest BCUT2D eigenvalue weighted by Gasteiger charge is 2.59. The summed E-state index contributed by atoms with van der Waals surface area (Å²) in [5.74, 6) is 0.940. The minimum atomic E-state index is -0.939. The smallest absolute Gasteiger partial charge is 0.318 e. The van der Waals surface area contributed by atoms with E-state index in [0.29, 0.717) is 23.7 Å². The van der Waals surface area contributed by atoms with Gasteiger partial charge in [0.1, 0.15) is 5.92 Å². The lowest BCUT2D eigenvalue weighted by Crippen LogP contribution is -2.52. The van der Waals surface area contributed by atoms with Crippen LogP contribution in [0.4, 0.5) is 0 Å². The van der Waals surface area contributed by atoms with Gasteiger partial charge in [-0.05, 0) is 78.6 Å². The topological polar surface area (TPSA) is 54.4 Å². The number of carboxylic acids is 1. The highest BCUT2D eigenvalue weighted by atomic mass is 16.4. The van der Waals surface area contributed by atoms with E-state index in [1.165, 1.54) is 25.7 Å². The van der Waals surface area contributed by atoms with Crippen molar-refractivity contribution in [2.24, 2.45) is 40.4 Å². The second-order valence-electron chi connectivity index (χ2n) is 9.45. The molecule has 0 aromatic heterocycles. The van der Waals surface area contributed by atoms with E-state index in [1.807, 2.05) is 0 Å². The molecule has 3 fully saturated rings. The molecular weight excluding hydrogens is 300 g/mol. The summed E-state index contributed by atoms with van der Waals surface area (Å²) in [5.41, 5.74) is 1.34. The van der Waals surface area contributed by atoms with Crippen LogP contribution in [-0.2, 0) is 9.59 Å². The van der Waals surface area contributed by atoms with E-state index in [9.17, 15) is 14.7 Å². The number of carbonyl (C=O) groups is 2. The molecule has 0 aromatic rings. The highest BCUT2D eigenvalue weighted by molar-refractivity contribution is 6.02. The summed E-state index contributed by atoms with van der Waals surface area (Å²) in [7, 11) is 0. The van der Waals surface area contributed by atoms with Crippen molar-refractivity contribution in [2.45, 2.75) is 65.7 Å². The van der Waals surface area contributed by atoms with Crippen LogP contribution in [0.3, 0.4) is 0 Å². The Morgan fingerprint density at radius 2 is 1.92 bits per heavy atom. The summed E-state index contributed by atoms with van der Waals surface area (Å²) < 4.78 is 0. The van der Waals surface area contributed by atoms with E-state index in [0.717, 1.165) is 30.3 Å². The molecule has 4 aliphatic carbocycles. The zero-order chi connectivity index (χ0) is 17.3. The van der Waals surface area contributed by atoms with Gasteiger partial charge in [-0.25, -0.2) is 0 Å². The van der Waals surface area contributed by atoms with Crippen LogP contribution in [0.15, 0.2) is 11.6 Å². The van der Waals surface area contributed by atoms with Gasteiger partial charge in [0.05, 0.1) is 0 Å². The lowest BCUT2D eigenvalue weighted by Gasteiger charge is -2.58. The van der Waals surface area contributed by atoms with E-state index in [2.05, 4.69) is 26.8 Å². The molecule has 0 bridgehead atoms. The van der Waals surface area contributed by atoms with Crippen LogP contribution in [0.2, 0.25) is 0 Å². The maximum Gasteiger partial charge on any atom is 0.318 e. The number of hydrogen-bond donors (Lipinski definition) is 1. The van der Waals surface area contributed by atoms with Gasteiger partial charge in [-0.2, -0.15) is 0 Å². The molecule has 132 valence electrons. The predicted octanol–water partition coefficient (Wildman–Crippen LogP) is 4.47. The second-order valence-corrected chi connectivity index (χ2v) is 9.45. The molecule has 7 atom stereocenters. The third-order valence-electron chi connectivity index (χ3n) is 8.77. The van der Waals surface area contributed by atoms with Gasteiger partial charge in [0.15, 0.2) is 5.78 Å². The molecule has 4 rings (SSSR count). The average molecular weight is 330 g/mol. The molecule has 24 heavy (non-hydrogen) atoms. The van der Waals surface area contributed by atoms with Crippen LogP contribution in [0.1, 0.15) is 65.7 Å². The highest BCUT2D eigenvalue weighted by Crippen LogP contribution is 2.66. The lowest BCUT2D eigenvalue weighted by atomic mass is 9.46. The van der Waals surface area contributed by atoms with E-state index in [-0.39, 0.29) is 11.2 Å². The number of allylic oxidation sites excluding steroid dienone is 1. The van der Waals surface area contributed by atoms with Crippen molar-refractivity contribution in [3.05, 3.63) is 11.6 Å². The molecular formula is C21H30O3. The molecule has 0 spiro atoms. The Morgan fingerprint density at radius 3 is 2.62 bits per heavy atom. The molecule has 0 amide bonds. The lowest BCUT2D eigenvalue weighted by molar-refractivity contribution is -0.148. The Labute approximate surface area is 144 Å². The van der Waals surface area contributed by atoms with Gasteiger partial charge in [0.2, 0.25) is 0 Å². The van der Waals surface area contributed by atoms with Crippen LogP contribution in [0.25, 0.3) is 0 Å². The summed E-state index contributed by atoms with van der Waals surface area (Å²) in [5, 5.41) is 9.62.